The fourth-order valence-corrected chi connectivity index (χ4v) is 1.89. The van der Waals surface area contributed by atoms with Gasteiger partial charge in [-0.05, 0) is 12.8 Å². The van der Waals surface area contributed by atoms with Gasteiger partial charge in [-0.3, -0.25) is 0 Å². The Balaban J connectivity index is 2.51. The number of halogens is 2. The third-order valence-electron chi connectivity index (χ3n) is 2.91. The highest BCUT2D eigenvalue weighted by molar-refractivity contribution is 5.75. The summed E-state index contributed by atoms with van der Waals surface area (Å²) in [7, 11) is 0. The first kappa shape index (κ1) is 11.0. The fourth-order valence-electron chi connectivity index (χ4n) is 1.89. The number of H-pyrrole nitrogens is 1. The van der Waals surface area contributed by atoms with Crippen molar-refractivity contribution in [3.63, 3.8) is 0 Å². The van der Waals surface area contributed by atoms with Gasteiger partial charge in [0.1, 0.15) is 5.82 Å². The number of benzene rings is 1. The molecule has 1 aromatic carbocycles. The van der Waals surface area contributed by atoms with Crippen LogP contribution in [0.2, 0.25) is 0 Å². The highest BCUT2D eigenvalue weighted by atomic mass is 19.2. The molecule has 0 atom stereocenters. The standard InChI is InChI=1S/C12H14F2N2/c1-3-7(4-2)12-15-10-5-8(13)9(14)6-11(10)16-12/h5-7H,3-4H2,1-2H3,(H,15,16). The highest BCUT2D eigenvalue weighted by Gasteiger charge is 2.13. The predicted molar refractivity (Wildman–Crippen MR) is 59.3 cm³/mol. The summed E-state index contributed by atoms with van der Waals surface area (Å²) in [6, 6.07) is 2.29. The molecule has 0 aliphatic rings. The molecule has 2 rings (SSSR count). The van der Waals surface area contributed by atoms with Gasteiger partial charge in [0, 0.05) is 18.1 Å². The van der Waals surface area contributed by atoms with Crippen molar-refractivity contribution in [3.05, 3.63) is 29.6 Å². The van der Waals surface area contributed by atoms with Gasteiger partial charge in [-0.2, -0.15) is 0 Å². The maximum absolute atomic E-state index is 13.0. The molecule has 16 heavy (non-hydrogen) atoms. The molecule has 86 valence electrons. The summed E-state index contributed by atoms with van der Waals surface area (Å²) >= 11 is 0. The van der Waals surface area contributed by atoms with E-state index in [2.05, 4.69) is 23.8 Å². The first-order valence-corrected chi connectivity index (χ1v) is 5.50. The molecule has 0 bridgehead atoms. The lowest BCUT2D eigenvalue weighted by Crippen LogP contribution is -1.97. The van der Waals surface area contributed by atoms with Crippen LogP contribution in [0.5, 0.6) is 0 Å². The van der Waals surface area contributed by atoms with E-state index in [0.29, 0.717) is 17.0 Å². The molecule has 0 spiro atoms. The number of fused-ring (bicyclic) bond motifs is 1. The van der Waals surface area contributed by atoms with Crippen molar-refractivity contribution < 1.29 is 8.78 Å². The van der Waals surface area contributed by atoms with Gasteiger partial charge in [-0.15, -0.1) is 0 Å². The van der Waals surface area contributed by atoms with Gasteiger partial charge in [-0.1, -0.05) is 13.8 Å². The quantitative estimate of drug-likeness (QED) is 0.845. The van der Waals surface area contributed by atoms with E-state index < -0.39 is 11.6 Å². The van der Waals surface area contributed by atoms with Crippen LogP contribution in [-0.4, -0.2) is 9.97 Å². The minimum Gasteiger partial charge on any atom is -0.342 e. The lowest BCUT2D eigenvalue weighted by Gasteiger charge is -2.07. The maximum Gasteiger partial charge on any atom is 0.161 e. The summed E-state index contributed by atoms with van der Waals surface area (Å²) in [6.07, 6.45) is 1.92. The van der Waals surface area contributed by atoms with E-state index in [9.17, 15) is 8.78 Å². The normalized spacial score (nSPS) is 11.6. The van der Waals surface area contributed by atoms with Crippen LogP contribution in [0, 0.1) is 11.6 Å². The molecule has 0 aliphatic carbocycles. The number of hydrogen-bond donors (Lipinski definition) is 1. The number of aromatic amines is 1. The van der Waals surface area contributed by atoms with E-state index in [0.717, 1.165) is 30.8 Å². The Morgan fingerprint density at radius 3 is 2.44 bits per heavy atom. The molecule has 0 saturated carbocycles. The number of hydrogen-bond acceptors (Lipinski definition) is 1. The van der Waals surface area contributed by atoms with Crippen LogP contribution >= 0.6 is 0 Å². The largest absolute Gasteiger partial charge is 0.342 e. The summed E-state index contributed by atoms with van der Waals surface area (Å²) < 4.78 is 26.0. The molecule has 4 heteroatoms. The molecule has 0 unspecified atom stereocenters. The number of aromatic nitrogens is 2. The van der Waals surface area contributed by atoms with Gasteiger partial charge in [0.15, 0.2) is 11.6 Å². The zero-order valence-corrected chi connectivity index (χ0v) is 9.35. The van der Waals surface area contributed by atoms with E-state index in [4.69, 9.17) is 0 Å². The lowest BCUT2D eigenvalue weighted by molar-refractivity contribution is 0.510. The molecule has 1 aromatic heterocycles. The Morgan fingerprint density at radius 2 is 1.81 bits per heavy atom. The number of nitrogens with one attached hydrogen (secondary N) is 1. The predicted octanol–water partition coefficient (Wildman–Crippen LogP) is 3.74. The number of imidazole rings is 1. The number of nitrogens with zero attached hydrogens (tertiary/aromatic N) is 1. The molecular formula is C12H14F2N2. The zero-order valence-electron chi connectivity index (χ0n) is 9.35. The van der Waals surface area contributed by atoms with Gasteiger partial charge in [0.25, 0.3) is 0 Å². The summed E-state index contributed by atoms with van der Waals surface area (Å²) in [5.74, 6) is -0.564. The van der Waals surface area contributed by atoms with Crippen molar-refractivity contribution in [2.45, 2.75) is 32.6 Å². The average Bonchev–Trinajstić information content (AvgIpc) is 2.63. The first-order valence-electron chi connectivity index (χ1n) is 5.50. The van der Waals surface area contributed by atoms with Gasteiger partial charge in [0.2, 0.25) is 0 Å². The Morgan fingerprint density at radius 1 is 1.19 bits per heavy atom. The van der Waals surface area contributed by atoms with Crippen LogP contribution in [0.25, 0.3) is 11.0 Å². The molecule has 0 aliphatic heterocycles. The van der Waals surface area contributed by atoms with Crippen molar-refractivity contribution in [2.75, 3.05) is 0 Å². The van der Waals surface area contributed by atoms with Crippen LogP contribution in [-0.2, 0) is 0 Å². The van der Waals surface area contributed by atoms with Crippen molar-refractivity contribution in [1.82, 2.24) is 9.97 Å². The maximum atomic E-state index is 13.0. The van der Waals surface area contributed by atoms with Crippen molar-refractivity contribution >= 4 is 11.0 Å². The van der Waals surface area contributed by atoms with Gasteiger partial charge >= 0.3 is 0 Å². The van der Waals surface area contributed by atoms with Gasteiger partial charge in [0.05, 0.1) is 11.0 Å². The van der Waals surface area contributed by atoms with Crippen LogP contribution in [0.1, 0.15) is 38.4 Å². The molecule has 0 fully saturated rings. The number of rotatable bonds is 3. The zero-order chi connectivity index (χ0) is 11.7. The molecule has 0 saturated heterocycles. The Bertz CT molecular complexity index is 462. The van der Waals surface area contributed by atoms with Crippen LogP contribution in [0.3, 0.4) is 0 Å². The third-order valence-corrected chi connectivity index (χ3v) is 2.91. The minimum atomic E-state index is -0.852. The van der Waals surface area contributed by atoms with Crippen LogP contribution in [0.4, 0.5) is 8.78 Å². The topological polar surface area (TPSA) is 28.7 Å². The Hall–Kier alpha value is -1.45. The van der Waals surface area contributed by atoms with Crippen molar-refractivity contribution in [3.8, 4) is 0 Å². The van der Waals surface area contributed by atoms with E-state index >= 15 is 0 Å². The first-order chi connectivity index (χ1) is 7.65. The molecule has 1 heterocycles. The van der Waals surface area contributed by atoms with E-state index in [1.54, 1.807) is 0 Å². The second kappa shape index (κ2) is 4.20. The summed E-state index contributed by atoms with van der Waals surface area (Å²) in [6.45, 7) is 4.14. The molecule has 0 radical (unpaired) electrons. The van der Waals surface area contributed by atoms with Gasteiger partial charge in [-0.25, -0.2) is 13.8 Å². The lowest BCUT2D eigenvalue weighted by atomic mass is 10.0. The summed E-state index contributed by atoms with van der Waals surface area (Å²) in [5.41, 5.74) is 1.04. The molecular weight excluding hydrogens is 210 g/mol. The summed E-state index contributed by atoms with van der Waals surface area (Å²) in [4.78, 5) is 7.34. The van der Waals surface area contributed by atoms with Crippen LogP contribution in [0.15, 0.2) is 12.1 Å². The monoisotopic (exact) mass is 224 g/mol. The molecule has 2 aromatic rings. The minimum absolute atomic E-state index is 0.318. The van der Waals surface area contributed by atoms with E-state index in [1.165, 1.54) is 0 Å². The summed E-state index contributed by atoms with van der Waals surface area (Å²) in [5, 5.41) is 0. The van der Waals surface area contributed by atoms with E-state index in [1.807, 2.05) is 0 Å². The second-order valence-corrected chi connectivity index (χ2v) is 3.92. The van der Waals surface area contributed by atoms with E-state index in [-0.39, 0.29) is 0 Å². The molecule has 2 nitrogen and oxygen atoms in total. The molecule has 0 amide bonds. The van der Waals surface area contributed by atoms with Crippen molar-refractivity contribution in [1.29, 1.82) is 0 Å². The SMILES string of the molecule is CCC(CC)c1nc2cc(F)c(F)cc2[nH]1. The fraction of sp³-hybridized carbons (Fsp3) is 0.417. The van der Waals surface area contributed by atoms with Crippen LogP contribution < -0.4 is 0 Å². The Labute approximate surface area is 92.7 Å². The molecule has 1 N–H and O–H groups in total. The highest BCUT2D eigenvalue weighted by Crippen LogP contribution is 2.24. The average molecular weight is 224 g/mol. The van der Waals surface area contributed by atoms with Crippen molar-refractivity contribution in [2.24, 2.45) is 0 Å². The Kier molecular flexibility index (Phi) is 2.90. The van der Waals surface area contributed by atoms with Gasteiger partial charge < -0.3 is 4.98 Å². The third kappa shape index (κ3) is 1.79. The smallest absolute Gasteiger partial charge is 0.161 e. The second-order valence-electron chi connectivity index (χ2n) is 3.92.